The van der Waals surface area contributed by atoms with Gasteiger partial charge in [0.2, 0.25) is 0 Å². The van der Waals surface area contributed by atoms with E-state index in [1.54, 1.807) is 6.07 Å². The number of nitrogens with one attached hydrogen (secondary N) is 1. The molecule has 132 valence electrons. The van der Waals surface area contributed by atoms with Gasteiger partial charge in [0.1, 0.15) is 5.82 Å². The van der Waals surface area contributed by atoms with Gasteiger partial charge in [-0.25, -0.2) is 4.39 Å². The Morgan fingerprint density at radius 3 is 2.52 bits per heavy atom. The molecule has 0 aromatic heterocycles. The zero-order valence-electron chi connectivity index (χ0n) is 13.2. The van der Waals surface area contributed by atoms with E-state index in [0.717, 1.165) is 42.9 Å². The van der Waals surface area contributed by atoms with Gasteiger partial charge in [0.15, 0.2) is 0 Å². The minimum atomic E-state index is -4.84. The highest BCUT2D eigenvalue weighted by Gasteiger charge is 2.34. The Hall–Kier alpha value is -2.57. The first-order chi connectivity index (χ1) is 11.8. The molecule has 3 rings (SSSR count). The molecule has 1 aliphatic carbocycles. The maximum Gasteiger partial charge on any atom is 0.419 e. The summed E-state index contributed by atoms with van der Waals surface area (Å²) in [6.45, 7) is 0. The fraction of sp³-hybridized carbons (Fsp3) is 0.278. The summed E-state index contributed by atoms with van der Waals surface area (Å²) in [4.78, 5) is 12.4. The van der Waals surface area contributed by atoms with Gasteiger partial charge in [0.25, 0.3) is 5.91 Å². The van der Waals surface area contributed by atoms with Crippen molar-refractivity contribution in [1.82, 2.24) is 0 Å². The third-order valence-corrected chi connectivity index (χ3v) is 4.35. The molecule has 0 bridgehead atoms. The molecule has 3 nitrogen and oxygen atoms in total. The quantitative estimate of drug-likeness (QED) is 0.615. The monoisotopic (exact) mass is 352 g/mol. The number of amides is 1. The molecule has 0 unspecified atom stereocenters. The zero-order chi connectivity index (χ0) is 18.2. The van der Waals surface area contributed by atoms with Crippen LogP contribution in [-0.4, -0.2) is 5.91 Å². The van der Waals surface area contributed by atoms with Crippen LogP contribution in [0, 0.1) is 5.82 Å². The van der Waals surface area contributed by atoms with Crippen LogP contribution in [-0.2, 0) is 19.0 Å². The summed E-state index contributed by atoms with van der Waals surface area (Å²) >= 11 is 0. The van der Waals surface area contributed by atoms with E-state index in [-0.39, 0.29) is 11.3 Å². The normalized spacial score (nSPS) is 14.1. The number of carbonyl (C=O) groups is 1. The Morgan fingerprint density at radius 2 is 1.80 bits per heavy atom. The van der Waals surface area contributed by atoms with E-state index in [1.165, 1.54) is 0 Å². The van der Waals surface area contributed by atoms with Gasteiger partial charge >= 0.3 is 6.18 Å². The lowest BCUT2D eigenvalue weighted by atomic mass is 9.88. The Kier molecular flexibility index (Phi) is 4.41. The second-order valence-electron chi connectivity index (χ2n) is 6.02. The highest BCUT2D eigenvalue weighted by atomic mass is 19.4. The molecule has 0 saturated carbocycles. The fourth-order valence-electron chi connectivity index (χ4n) is 3.07. The minimum absolute atomic E-state index is 0.143. The van der Waals surface area contributed by atoms with E-state index in [2.05, 4.69) is 5.32 Å². The van der Waals surface area contributed by atoms with Crippen LogP contribution in [0.25, 0.3) is 0 Å². The van der Waals surface area contributed by atoms with Gasteiger partial charge in [-0.15, -0.1) is 0 Å². The number of hydrogen-bond acceptors (Lipinski definition) is 2. The number of aryl methyl sites for hydroxylation is 1. The van der Waals surface area contributed by atoms with Gasteiger partial charge in [-0.05, 0) is 61.1 Å². The Bertz CT molecular complexity index is 831. The number of carbonyl (C=O) groups excluding carboxylic acids is 1. The number of rotatable bonds is 2. The van der Waals surface area contributed by atoms with Crippen molar-refractivity contribution in [2.45, 2.75) is 31.9 Å². The van der Waals surface area contributed by atoms with Gasteiger partial charge in [-0.3, -0.25) is 4.79 Å². The molecule has 0 atom stereocenters. The van der Waals surface area contributed by atoms with Crippen molar-refractivity contribution in [3.8, 4) is 0 Å². The highest BCUT2D eigenvalue weighted by molar-refractivity contribution is 6.08. The van der Waals surface area contributed by atoms with E-state index in [9.17, 15) is 22.4 Å². The molecular weight excluding hydrogens is 336 g/mol. The lowest BCUT2D eigenvalue weighted by molar-refractivity contribution is -0.139. The Morgan fingerprint density at radius 1 is 1.08 bits per heavy atom. The molecule has 1 aliphatic rings. The van der Waals surface area contributed by atoms with Crippen molar-refractivity contribution in [3.63, 3.8) is 0 Å². The number of anilines is 2. The van der Waals surface area contributed by atoms with Crippen molar-refractivity contribution >= 4 is 17.3 Å². The van der Waals surface area contributed by atoms with Crippen LogP contribution in [0.5, 0.6) is 0 Å². The predicted octanol–water partition coefficient (Wildman–Crippen LogP) is 4.56. The van der Waals surface area contributed by atoms with Crippen LogP contribution in [0.3, 0.4) is 0 Å². The molecule has 7 heteroatoms. The smallest absolute Gasteiger partial charge is 0.398 e. The van der Waals surface area contributed by atoms with Gasteiger partial charge < -0.3 is 11.1 Å². The van der Waals surface area contributed by atoms with Gasteiger partial charge in [-0.1, -0.05) is 6.07 Å². The Balaban J connectivity index is 1.88. The summed E-state index contributed by atoms with van der Waals surface area (Å²) in [6.07, 6.45) is -1.12. The van der Waals surface area contributed by atoms with Crippen molar-refractivity contribution in [2.75, 3.05) is 11.1 Å². The maximum absolute atomic E-state index is 13.3. The van der Waals surface area contributed by atoms with Gasteiger partial charge in [-0.2, -0.15) is 13.2 Å². The second kappa shape index (κ2) is 6.38. The van der Waals surface area contributed by atoms with E-state index in [0.29, 0.717) is 17.8 Å². The van der Waals surface area contributed by atoms with Crippen LogP contribution in [0.2, 0.25) is 0 Å². The number of nitrogen functional groups attached to an aromatic ring is 1. The van der Waals surface area contributed by atoms with Crippen molar-refractivity contribution in [2.24, 2.45) is 0 Å². The van der Waals surface area contributed by atoms with Crippen LogP contribution in [0.1, 0.15) is 39.9 Å². The first-order valence-corrected chi connectivity index (χ1v) is 7.85. The first kappa shape index (κ1) is 17.3. The third-order valence-electron chi connectivity index (χ3n) is 4.35. The summed E-state index contributed by atoms with van der Waals surface area (Å²) < 4.78 is 51.6. The van der Waals surface area contributed by atoms with Crippen molar-refractivity contribution in [1.29, 1.82) is 0 Å². The van der Waals surface area contributed by atoms with Crippen LogP contribution >= 0.6 is 0 Å². The molecule has 0 fully saturated rings. The molecule has 0 heterocycles. The summed E-state index contributed by atoms with van der Waals surface area (Å²) in [5, 5.41) is 2.36. The van der Waals surface area contributed by atoms with Crippen LogP contribution in [0.15, 0.2) is 30.3 Å². The summed E-state index contributed by atoms with van der Waals surface area (Å²) in [5.74, 6) is -2.01. The molecule has 0 aliphatic heterocycles. The van der Waals surface area contributed by atoms with Gasteiger partial charge in [0.05, 0.1) is 11.1 Å². The number of nitrogens with two attached hydrogens (primary N) is 1. The average Bonchev–Trinajstić information content (AvgIpc) is 2.56. The first-order valence-electron chi connectivity index (χ1n) is 7.85. The summed E-state index contributed by atoms with van der Waals surface area (Å²) in [7, 11) is 0. The van der Waals surface area contributed by atoms with Crippen LogP contribution < -0.4 is 11.1 Å². The maximum atomic E-state index is 13.3. The standard InChI is InChI=1S/C18H16F4N2O/c19-15-8-6-11(9-14(15)18(20,21)22)24-17(25)13-7-5-10-3-1-2-4-12(10)16(13)23/h5-9H,1-4,23H2,(H,24,25). The molecular formula is C18H16F4N2O. The molecule has 0 saturated heterocycles. The average molecular weight is 352 g/mol. The summed E-state index contributed by atoms with van der Waals surface area (Å²) in [6, 6.07) is 5.72. The summed E-state index contributed by atoms with van der Waals surface area (Å²) in [5.41, 5.74) is 7.10. The molecule has 2 aromatic rings. The molecule has 0 spiro atoms. The van der Waals surface area contributed by atoms with E-state index < -0.39 is 23.5 Å². The predicted molar refractivity (Wildman–Crippen MR) is 86.9 cm³/mol. The van der Waals surface area contributed by atoms with E-state index in [4.69, 9.17) is 5.73 Å². The van der Waals surface area contributed by atoms with Crippen molar-refractivity contribution in [3.05, 3.63) is 58.4 Å². The van der Waals surface area contributed by atoms with E-state index in [1.807, 2.05) is 6.07 Å². The lowest BCUT2D eigenvalue weighted by Crippen LogP contribution is -2.18. The molecule has 25 heavy (non-hydrogen) atoms. The largest absolute Gasteiger partial charge is 0.419 e. The Labute approximate surface area is 141 Å². The second-order valence-corrected chi connectivity index (χ2v) is 6.02. The van der Waals surface area contributed by atoms with Gasteiger partial charge in [0, 0.05) is 11.4 Å². The molecule has 3 N–H and O–H groups in total. The SMILES string of the molecule is Nc1c(C(=O)Nc2ccc(F)c(C(F)(F)F)c2)ccc2c1CCCC2. The highest BCUT2D eigenvalue weighted by Crippen LogP contribution is 2.33. The third kappa shape index (κ3) is 3.45. The lowest BCUT2D eigenvalue weighted by Gasteiger charge is -2.19. The van der Waals surface area contributed by atoms with Crippen LogP contribution in [0.4, 0.5) is 28.9 Å². The number of hydrogen-bond donors (Lipinski definition) is 2. The number of benzene rings is 2. The molecule has 0 radical (unpaired) electrons. The molecule has 2 aromatic carbocycles. The zero-order valence-corrected chi connectivity index (χ0v) is 13.2. The number of alkyl halides is 3. The van der Waals surface area contributed by atoms with Crippen molar-refractivity contribution < 1.29 is 22.4 Å². The number of halogens is 4. The number of fused-ring (bicyclic) bond motifs is 1. The fourth-order valence-corrected chi connectivity index (χ4v) is 3.07. The topological polar surface area (TPSA) is 55.1 Å². The molecule has 1 amide bonds. The van der Waals surface area contributed by atoms with E-state index >= 15 is 0 Å². The minimum Gasteiger partial charge on any atom is -0.398 e.